The van der Waals surface area contributed by atoms with E-state index in [4.69, 9.17) is 39.5 Å². The zero-order valence-corrected chi connectivity index (χ0v) is 16.2. The summed E-state index contributed by atoms with van der Waals surface area (Å²) in [6.07, 6.45) is -0.0000515. The van der Waals surface area contributed by atoms with Crippen molar-refractivity contribution < 1.29 is 19.1 Å². The molecule has 140 valence electrons. The van der Waals surface area contributed by atoms with Gasteiger partial charge in [-0.2, -0.15) is 0 Å². The zero-order chi connectivity index (χ0) is 19.6. The number of carbonyl (C=O) groups excluding carboxylic acids is 3. The van der Waals surface area contributed by atoms with E-state index < -0.39 is 24.3 Å². The van der Waals surface area contributed by atoms with Gasteiger partial charge in [-0.15, -0.1) is 0 Å². The average molecular weight is 427 g/mol. The molecule has 0 N–H and O–H groups in total. The first-order valence-corrected chi connectivity index (χ1v) is 9.20. The van der Waals surface area contributed by atoms with Crippen LogP contribution in [0.3, 0.4) is 0 Å². The van der Waals surface area contributed by atoms with Crippen LogP contribution in [0.5, 0.6) is 0 Å². The van der Waals surface area contributed by atoms with Gasteiger partial charge in [0.1, 0.15) is 0 Å². The Hall–Kier alpha value is -2.08. The third kappa shape index (κ3) is 4.43. The van der Waals surface area contributed by atoms with Crippen LogP contribution in [-0.4, -0.2) is 30.8 Å². The van der Waals surface area contributed by atoms with E-state index in [9.17, 15) is 14.4 Å². The molecular formula is C19H14Cl3NO4. The van der Waals surface area contributed by atoms with E-state index >= 15 is 0 Å². The molecule has 2 aromatic carbocycles. The van der Waals surface area contributed by atoms with Crippen LogP contribution in [0.4, 0.5) is 5.69 Å². The molecule has 1 fully saturated rings. The quantitative estimate of drug-likeness (QED) is 0.524. The number of halogens is 3. The number of para-hydroxylation sites is 1. The van der Waals surface area contributed by atoms with Crippen molar-refractivity contribution in [3.05, 3.63) is 63.1 Å². The smallest absolute Gasteiger partial charge is 0.311 e. The molecule has 0 bridgehead atoms. The summed E-state index contributed by atoms with van der Waals surface area (Å²) in [6, 6.07) is 11.3. The molecule has 1 atom stereocenters. The van der Waals surface area contributed by atoms with Gasteiger partial charge in [-0.25, -0.2) is 0 Å². The van der Waals surface area contributed by atoms with Gasteiger partial charge in [0, 0.05) is 23.6 Å². The first-order chi connectivity index (χ1) is 12.9. The molecule has 8 heteroatoms. The number of anilines is 1. The van der Waals surface area contributed by atoms with Crippen LogP contribution < -0.4 is 4.90 Å². The predicted octanol–water partition coefficient (Wildman–Crippen LogP) is 4.43. The Balaban J connectivity index is 1.61. The minimum atomic E-state index is -0.665. The molecule has 5 nitrogen and oxygen atoms in total. The normalized spacial score (nSPS) is 16.5. The fourth-order valence-electron chi connectivity index (χ4n) is 2.82. The third-order valence-electron chi connectivity index (χ3n) is 4.18. The van der Waals surface area contributed by atoms with Crippen LogP contribution in [0.25, 0.3) is 0 Å². The van der Waals surface area contributed by atoms with Crippen molar-refractivity contribution in [1.82, 2.24) is 0 Å². The van der Waals surface area contributed by atoms with Crippen molar-refractivity contribution in [2.24, 2.45) is 5.92 Å². The lowest BCUT2D eigenvalue weighted by atomic mass is 10.1. The number of carbonyl (C=O) groups is 3. The lowest BCUT2D eigenvalue weighted by molar-refractivity contribution is -0.147. The molecule has 1 aliphatic rings. The number of hydrogen-bond acceptors (Lipinski definition) is 4. The molecule has 0 aliphatic carbocycles. The molecular weight excluding hydrogens is 413 g/mol. The molecule has 0 saturated carbocycles. The van der Waals surface area contributed by atoms with Crippen LogP contribution >= 0.6 is 34.8 Å². The molecule has 0 radical (unpaired) electrons. The van der Waals surface area contributed by atoms with Crippen LogP contribution in [0.15, 0.2) is 42.5 Å². The Bertz CT molecular complexity index is 916. The summed E-state index contributed by atoms with van der Waals surface area (Å²) in [5.41, 5.74) is 0.762. The summed E-state index contributed by atoms with van der Waals surface area (Å²) in [5.74, 6) is -1.95. The maximum atomic E-state index is 12.3. The van der Waals surface area contributed by atoms with Gasteiger partial charge in [-0.3, -0.25) is 14.4 Å². The van der Waals surface area contributed by atoms with Gasteiger partial charge < -0.3 is 9.64 Å². The number of amides is 1. The monoisotopic (exact) mass is 425 g/mol. The summed E-state index contributed by atoms with van der Waals surface area (Å²) in [6.45, 7) is -0.311. The van der Waals surface area contributed by atoms with E-state index in [2.05, 4.69) is 0 Å². The van der Waals surface area contributed by atoms with Crippen LogP contribution in [-0.2, 0) is 14.3 Å². The number of benzene rings is 2. The summed E-state index contributed by atoms with van der Waals surface area (Å²) in [4.78, 5) is 38.2. The molecule has 0 unspecified atom stereocenters. The minimum Gasteiger partial charge on any atom is -0.457 e. The van der Waals surface area contributed by atoms with Gasteiger partial charge in [0.05, 0.1) is 21.7 Å². The Morgan fingerprint density at radius 1 is 1.07 bits per heavy atom. The van der Waals surface area contributed by atoms with Gasteiger partial charge in [0.2, 0.25) is 11.7 Å². The molecule has 0 aromatic heterocycles. The largest absolute Gasteiger partial charge is 0.457 e. The summed E-state index contributed by atoms with van der Waals surface area (Å²) in [7, 11) is 0. The van der Waals surface area contributed by atoms with Gasteiger partial charge in [-0.1, -0.05) is 46.9 Å². The zero-order valence-electron chi connectivity index (χ0n) is 14.0. The molecule has 0 spiro atoms. The molecule has 3 rings (SSSR count). The van der Waals surface area contributed by atoms with Crippen molar-refractivity contribution in [3.63, 3.8) is 0 Å². The SMILES string of the molecule is O=C(COC(=O)[C@H]1CC(=O)N(c2ccccc2Cl)C1)c1ccc(Cl)cc1Cl. The van der Waals surface area contributed by atoms with Crippen molar-refractivity contribution in [2.45, 2.75) is 6.42 Å². The first-order valence-electron chi connectivity index (χ1n) is 8.06. The van der Waals surface area contributed by atoms with Crippen molar-refractivity contribution in [2.75, 3.05) is 18.1 Å². The second-order valence-corrected chi connectivity index (χ2v) is 7.26. The highest BCUT2D eigenvalue weighted by Gasteiger charge is 2.37. The number of ketones is 1. The van der Waals surface area contributed by atoms with Crippen molar-refractivity contribution >= 4 is 58.1 Å². The number of nitrogens with zero attached hydrogens (tertiary/aromatic N) is 1. The number of hydrogen-bond donors (Lipinski definition) is 0. The number of Topliss-reactive ketones (excluding diaryl/α,β-unsaturated/α-hetero) is 1. The van der Waals surface area contributed by atoms with Crippen molar-refractivity contribution in [3.8, 4) is 0 Å². The van der Waals surface area contributed by atoms with Crippen LogP contribution in [0, 0.1) is 5.92 Å². The lowest BCUT2D eigenvalue weighted by Crippen LogP contribution is -2.27. The second-order valence-electron chi connectivity index (χ2n) is 6.01. The van der Waals surface area contributed by atoms with Crippen LogP contribution in [0.1, 0.15) is 16.8 Å². The molecule has 1 heterocycles. The highest BCUT2D eigenvalue weighted by atomic mass is 35.5. The fourth-order valence-corrected chi connectivity index (χ4v) is 3.57. The molecule has 1 aliphatic heterocycles. The summed E-state index contributed by atoms with van der Waals surface area (Å²) in [5, 5.41) is 1.01. The average Bonchev–Trinajstić information content (AvgIpc) is 3.01. The highest BCUT2D eigenvalue weighted by Crippen LogP contribution is 2.31. The highest BCUT2D eigenvalue weighted by molar-refractivity contribution is 6.37. The number of esters is 1. The van der Waals surface area contributed by atoms with Crippen LogP contribution in [0.2, 0.25) is 15.1 Å². The number of ether oxygens (including phenoxy) is 1. The predicted molar refractivity (Wildman–Crippen MR) is 104 cm³/mol. The number of rotatable bonds is 5. The lowest BCUT2D eigenvalue weighted by Gasteiger charge is -2.17. The molecule has 1 saturated heterocycles. The molecule has 2 aromatic rings. The third-order valence-corrected chi connectivity index (χ3v) is 5.05. The molecule has 1 amide bonds. The van der Waals surface area contributed by atoms with Gasteiger partial charge in [-0.05, 0) is 30.3 Å². The van der Waals surface area contributed by atoms with E-state index in [1.165, 1.54) is 23.1 Å². The summed E-state index contributed by atoms with van der Waals surface area (Å²) >= 11 is 17.9. The van der Waals surface area contributed by atoms with E-state index in [1.54, 1.807) is 24.3 Å². The van der Waals surface area contributed by atoms with Gasteiger partial charge in [0.15, 0.2) is 6.61 Å². The standard InChI is InChI=1S/C19H14Cl3NO4/c20-12-5-6-13(15(22)8-12)17(24)10-27-19(26)11-7-18(25)23(9-11)16-4-2-1-3-14(16)21/h1-6,8,11H,7,9-10H2/t11-/m0/s1. The Morgan fingerprint density at radius 3 is 2.52 bits per heavy atom. The van der Waals surface area contributed by atoms with E-state index in [0.717, 1.165) is 0 Å². The Kier molecular flexibility index (Phi) is 6.05. The topological polar surface area (TPSA) is 63.7 Å². The fraction of sp³-hybridized carbons (Fsp3) is 0.211. The van der Waals surface area contributed by atoms with E-state index in [0.29, 0.717) is 15.7 Å². The van der Waals surface area contributed by atoms with Crippen molar-refractivity contribution in [1.29, 1.82) is 0 Å². The Morgan fingerprint density at radius 2 is 1.81 bits per heavy atom. The van der Waals surface area contributed by atoms with E-state index in [1.807, 2.05) is 0 Å². The van der Waals surface area contributed by atoms with E-state index in [-0.39, 0.29) is 29.5 Å². The maximum absolute atomic E-state index is 12.3. The van der Waals surface area contributed by atoms with Gasteiger partial charge >= 0.3 is 5.97 Å². The second kappa shape index (κ2) is 8.30. The first kappa shape index (κ1) is 19.7. The maximum Gasteiger partial charge on any atom is 0.311 e. The van der Waals surface area contributed by atoms with Gasteiger partial charge in [0.25, 0.3) is 0 Å². The summed E-state index contributed by atoms with van der Waals surface area (Å²) < 4.78 is 5.10. The minimum absolute atomic E-state index is 0.0000515. The Labute approximate surface area is 170 Å². The molecule has 27 heavy (non-hydrogen) atoms.